The van der Waals surface area contributed by atoms with E-state index in [0.29, 0.717) is 28.2 Å². The number of aliphatic hydroxyl groups is 1. The molecule has 5 aromatic rings. The molecule has 0 bridgehead atoms. The number of aromatic nitrogens is 3. The number of ether oxygens (including phenoxy) is 1. The standard InChI is InChI=1S/C31H26F5N3O5S/c1-16-14-39(17(2)37-16)26-10-7-20(21-12-25(32)24(15-40)27(13-21)45(4,41)42)11-23(26)28-29(43-18(3)38-28)19-5-8-22(9-6-19)44-31(35,36)30(33)34/h5-14,30,40H,15H2,1-4H3. The molecule has 0 aliphatic carbocycles. The van der Waals surface area contributed by atoms with Crippen molar-refractivity contribution >= 4 is 9.84 Å². The number of hydrogen-bond acceptors (Lipinski definition) is 7. The second kappa shape index (κ2) is 11.7. The number of aliphatic hydroxyl groups excluding tert-OH is 1. The number of sulfone groups is 1. The Morgan fingerprint density at radius 3 is 2.22 bits per heavy atom. The van der Waals surface area contributed by atoms with E-state index >= 15 is 4.39 Å². The Kier molecular flexibility index (Phi) is 8.31. The summed E-state index contributed by atoms with van der Waals surface area (Å²) in [6.07, 6.45) is -6.01. The zero-order chi connectivity index (χ0) is 32.8. The van der Waals surface area contributed by atoms with Gasteiger partial charge in [0.25, 0.3) is 0 Å². The van der Waals surface area contributed by atoms with E-state index in [1.165, 1.54) is 18.2 Å². The van der Waals surface area contributed by atoms with E-state index < -0.39 is 40.5 Å². The molecular formula is C31H26F5N3O5S. The summed E-state index contributed by atoms with van der Waals surface area (Å²) < 4.78 is 104. The van der Waals surface area contributed by atoms with Gasteiger partial charge in [0.2, 0.25) is 0 Å². The first-order valence-corrected chi connectivity index (χ1v) is 15.2. The van der Waals surface area contributed by atoms with E-state index in [1.807, 2.05) is 6.92 Å². The molecule has 3 aromatic carbocycles. The van der Waals surface area contributed by atoms with Gasteiger partial charge in [0.1, 0.15) is 23.1 Å². The van der Waals surface area contributed by atoms with Crippen molar-refractivity contribution in [2.75, 3.05) is 6.26 Å². The normalized spacial score (nSPS) is 12.2. The minimum absolute atomic E-state index is 0.200. The van der Waals surface area contributed by atoms with Crippen LogP contribution in [0.5, 0.6) is 5.75 Å². The maximum atomic E-state index is 15.1. The quantitative estimate of drug-likeness (QED) is 0.171. The molecule has 0 spiro atoms. The smallest absolute Gasteiger partial charge is 0.440 e. The fraction of sp³-hybridized carbons (Fsp3) is 0.226. The van der Waals surface area contributed by atoms with Crippen molar-refractivity contribution in [2.45, 2.75) is 44.8 Å². The highest BCUT2D eigenvalue weighted by molar-refractivity contribution is 7.90. The molecule has 5 rings (SSSR count). The molecule has 8 nitrogen and oxygen atoms in total. The number of rotatable bonds is 9. The highest BCUT2D eigenvalue weighted by Gasteiger charge is 2.44. The Morgan fingerprint density at radius 1 is 0.978 bits per heavy atom. The van der Waals surface area contributed by atoms with Crippen LogP contribution < -0.4 is 4.74 Å². The van der Waals surface area contributed by atoms with Gasteiger partial charge in [-0.15, -0.1) is 0 Å². The minimum Gasteiger partial charge on any atom is -0.440 e. The van der Waals surface area contributed by atoms with E-state index in [4.69, 9.17) is 4.42 Å². The van der Waals surface area contributed by atoms with Crippen molar-refractivity contribution < 1.29 is 44.6 Å². The van der Waals surface area contributed by atoms with Crippen LogP contribution in [-0.2, 0) is 16.4 Å². The van der Waals surface area contributed by atoms with E-state index in [0.717, 1.165) is 30.1 Å². The fourth-order valence-corrected chi connectivity index (χ4v) is 5.87. The fourth-order valence-electron chi connectivity index (χ4n) is 4.92. The Morgan fingerprint density at radius 2 is 1.64 bits per heavy atom. The summed E-state index contributed by atoms with van der Waals surface area (Å²) in [5.41, 5.74) is 2.66. The SMILES string of the molecule is Cc1cn(-c2ccc(-c3cc(F)c(CO)c(S(C)(=O)=O)c3)cc2-c2nc(C)oc2-c2ccc(OC(F)(F)C(F)F)cc2)c(C)n1. The third-order valence-electron chi connectivity index (χ3n) is 6.92. The molecule has 0 atom stereocenters. The number of alkyl halides is 4. The summed E-state index contributed by atoms with van der Waals surface area (Å²) in [7, 11) is -3.91. The lowest BCUT2D eigenvalue weighted by Gasteiger charge is -2.17. The zero-order valence-electron chi connectivity index (χ0n) is 24.3. The molecule has 0 aliphatic heterocycles. The average molecular weight is 648 g/mol. The van der Waals surface area contributed by atoms with Crippen LogP contribution in [0.4, 0.5) is 22.0 Å². The van der Waals surface area contributed by atoms with Crippen LogP contribution in [0.3, 0.4) is 0 Å². The third kappa shape index (κ3) is 6.33. The van der Waals surface area contributed by atoms with Gasteiger partial charge in [0, 0.05) is 36.1 Å². The number of aryl methyl sites for hydroxylation is 3. The number of nitrogens with zero attached hydrogens (tertiary/aromatic N) is 3. The molecule has 45 heavy (non-hydrogen) atoms. The lowest BCUT2D eigenvalue weighted by molar-refractivity contribution is -0.253. The Hall–Kier alpha value is -4.56. The van der Waals surface area contributed by atoms with Gasteiger partial charge in [-0.1, -0.05) is 6.07 Å². The molecule has 0 saturated heterocycles. The predicted octanol–water partition coefficient (Wildman–Crippen LogP) is 7.06. The maximum Gasteiger partial charge on any atom is 0.461 e. The molecule has 14 heteroatoms. The van der Waals surface area contributed by atoms with Crippen LogP contribution in [0.2, 0.25) is 0 Å². The van der Waals surface area contributed by atoms with E-state index in [-0.39, 0.29) is 33.4 Å². The minimum atomic E-state index is -4.68. The zero-order valence-corrected chi connectivity index (χ0v) is 25.1. The lowest BCUT2D eigenvalue weighted by atomic mass is 9.97. The number of hydrogen-bond donors (Lipinski definition) is 1. The number of halogens is 5. The number of imidazole rings is 1. The van der Waals surface area contributed by atoms with Crippen LogP contribution in [0, 0.1) is 26.6 Å². The second-order valence-electron chi connectivity index (χ2n) is 10.3. The van der Waals surface area contributed by atoms with Gasteiger partial charge in [-0.05, 0) is 73.5 Å². The second-order valence-corrected chi connectivity index (χ2v) is 12.3. The van der Waals surface area contributed by atoms with Crippen LogP contribution in [-0.4, -0.2) is 46.8 Å². The molecule has 0 amide bonds. The largest absolute Gasteiger partial charge is 0.461 e. The summed E-state index contributed by atoms with van der Waals surface area (Å²) >= 11 is 0. The first kappa shape index (κ1) is 31.9. The Labute approximate surface area is 254 Å². The van der Waals surface area contributed by atoms with Crippen molar-refractivity contribution in [3.8, 4) is 45.1 Å². The number of oxazole rings is 1. The Balaban J connectivity index is 1.70. The van der Waals surface area contributed by atoms with E-state index in [1.54, 1.807) is 42.8 Å². The van der Waals surface area contributed by atoms with Crippen LogP contribution in [0.25, 0.3) is 39.4 Å². The molecule has 0 unspecified atom stereocenters. The van der Waals surface area contributed by atoms with Gasteiger partial charge >= 0.3 is 12.5 Å². The Bertz CT molecular complexity index is 2000. The first-order valence-electron chi connectivity index (χ1n) is 13.3. The van der Waals surface area contributed by atoms with Crippen molar-refractivity contribution in [1.82, 2.24) is 14.5 Å². The van der Waals surface area contributed by atoms with Crippen LogP contribution in [0.15, 0.2) is 70.1 Å². The topological polar surface area (TPSA) is 107 Å². The lowest BCUT2D eigenvalue weighted by Crippen LogP contribution is -2.33. The van der Waals surface area contributed by atoms with Gasteiger partial charge in [-0.25, -0.2) is 22.8 Å². The van der Waals surface area contributed by atoms with Gasteiger partial charge in [0.05, 0.1) is 22.9 Å². The van der Waals surface area contributed by atoms with Crippen molar-refractivity contribution in [3.63, 3.8) is 0 Å². The molecular weight excluding hydrogens is 621 g/mol. The summed E-state index contributed by atoms with van der Waals surface area (Å²) in [6.45, 7) is 4.37. The van der Waals surface area contributed by atoms with Gasteiger partial charge in [-0.3, -0.25) is 0 Å². The summed E-state index contributed by atoms with van der Waals surface area (Å²) in [5, 5.41) is 9.64. The van der Waals surface area contributed by atoms with Gasteiger partial charge < -0.3 is 18.8 Å². The molecule has 0 saturated carbocycles. The molecule has 0 radical (unpaired) electrons. The van der Waals surface area contributed by atoms with Gasteiger partial charge in [0.15, 0.2) is 21.5 Å². The number of benzene rings is 3. The molecule has 2 heterocycles. The maximum absolute atomic E-state index is 15.1. The molecule has 2 aromatic heterocycles. The van der Waals surface area contributed by atoms with Crippen molar-refractivity contribution in [2.24, 2.45) is 0 Å². The summed E-state index contributed by atoms with van der Waals surface area (Å²) in [6, 6.07) is 12.3. The van der Waals surface area contributed by atoms with Crippen LogP contribution >= 0.6 is 0 Å². The first-order chi connectivity index (χ1) is 21.1. The third-order valence-corrected chi connectivity index (χ3v) is 8.08. The van der Waals surface area contributed by atoms with Gasteiger partial charge in [-0.2, -0.15) is 17.6 Å². The molecule has 236 valence electrons. The van der Waals surface area contributed by atoms with Crippen molar-refractivity contribution in [3.05, 3.63) is 89.6 Å². The monoisotopic (exact) mass is 647 g/mol. The highest BCUT2D eigenvalue weighted by atomic mass is 32.2. The molecule has 1 N–H and O–H groups in total. The molecule has 0 aliphatic rings. The highest BCUT2D eigenvalue weighted by Crippen LogP contribution is 2.40. The van der Waals surface area contributed by atoms with E-state index in [9.17, 15) is 31.1 Å². The summed E-state index contributed by atoms with van der Waals surface area (Å²) in [5.74, 6) is -0.338. The van der Waals surface area contributed by atoms with Crippen LogP contribution in [0.1, 0.15) is 23.0 Å². The average Bonchev–Trinajstić information content (AvgIpc) is 3.52. The van der Waals surface area contributed by atoms with E-state index in [2.05, 4.69) is 14.7 Å². The molecule has 0 fully saturated rings. The van der Waals surface area contributed by atoms with Crippen molar-refractivity contribution in [1.29, 1.82) is 0 Å². The summed E-state index contributed by atoms with van der Waals surface area (Å²) in [4.78, 5) is 8.67. The predicted molar refractivity (Wildman–Crippen MR) is 155 cm³/mol.